The monoisotopic (exact) mass is 379 g/mol. The highest BCUT2D eigenvalue weighted by atomic mass is 16.5. The first-order valence-electron chi connectivity index (χ1n) is 9.01. The predicted octanol–water partition coefficient (Wildman–Crippen LogP) is 3.36. The summed E-state index contributed by atoms with van der Waals surface area (Å²) in [7, 11) is 0. The van der Waals surface area contributed by atoms with Crippen molar-refractivity contribution in [3.8, 4) is 11.4 Å². The largest absolute Gasteiger partial charge is 0.341 e. The highest BCUT2D eigenvalue weighted by molar-refractivity contribution is 5.97. The van der Waals surface area contributed by atoms with Crippen LogP contribution in [0.1, 0.15) is 49.0 Å². The van der Waals surface area contributed by atoms with Crippen LogP contribution < -0.4 is 10.6 Å². The third kappa shape index (κ3) is 4.79. The lowest BCUT2D eigenvalue weighted by Gasteiger charge is -2.11. The summed E-state index contributed by atoms with van der Waals surface area (Å²) in [6, 6.07) is 9.84. The van der Waals surface area contributed by atoms with Gasteiger partial charge in [-0.1, -0.05) is 18.1 Å². The van der Waals surface area contributed by atoms with Gasteiger partial charge < -0.3 is 15.2 Å². The minimum Gasteiger partial charge on any atom is -0.341 e. The second kappa shape index (κ2) is 8.90. The molecular weight excluding hydrogens is 358 g/mol. The maximum Gasteiger partial charge on any atom is 0.251 e. The average Bonchev–Trinajstić information content (AvgIpc) is 3.19. The zero-order valence-electron chi connectivity index (χ0n) is 15.7. The Balaban J connectivity index is 1.66. The van der Waals surface area contributed by atoms with E-state index >= 15 is 0 Å². The van der Waals surface area contributed by atoms with E-state index in [9.17, 15) is 9.59 Å². The zero-order valence-corrected chi connectivity index (χ0v) is 15.7. The fourth-order valence-electron chi connectivity index (χ4n) is 2.56. The molecule has 28 heavy (non-hydrogen) atoms. The minimum atomic E-state index is -0.478. The molecule has 0 saturated carbocycles. The molecule has 0 radical (unpaired) electrons. The van der Waals surface area contributed by atoms with Gasteiger partial charge in [-0.05, 0) is 43.7 Å². The lowest BCUT2D eigenvalue weighted by atomic mass is 10.1. The van der Waals surface area contributed by atoms with Gasteiger partial charge >= 0.3 is 0 Å². The van der Waals surface area contributed by atoms with Crippen molar-refractivity contribution < 1.29 is 14.1 Å². The Morgan fingerprint density at radius 1 is 1.18 bits per heavy atom. The van der Waals surface area contributed by atoms with E-state index in [1.165, 1.54) is 0 Å². The maximum atomic E-state index is 12.5. The number of benzene rings is 1. The summed E-state index contributed by atoms with van der Waals surface area (Å²) in [5, 5.41) is 9.54. The summed E-state index contributed by atoms with van der Waals surface area (Å²) in [6.45, 7) is 3.69. The minimum absolute atomic E-state index is 0.0806. The normalized spacial score (nSPS) is 11.6. The van der Waals surface area contributed by atoms with Gasteiger partial charge in [0, 0.05) is 35.6 Å². The molecule has 1 atom stereocenters. The molecule has 2 aromatic heterocycles. The van der Waals surface area contributed by atoms with Crippen LogP contribution in [0.5, 0.6) is 0 Å². The Morgan fingerprint density at radius 2 is 1.96 bits per heavy atom. The first-order chi connectivity index (χ1) is 13.6. The number of hydrogen-bond acceptors (Lipinski definition) is 6. The van der Waals surface area contributed by atoms with Crippen LogP contribution in [-0.2, 0) is 4.79 Å². The lowest BCUT2D eigenvalue weighted by Crippen LogP contribution is -2.27. The molecule has 2 amide bonds. The predicted molar refractivity (Wildman–Crippen MR) is 103 cm³/mol. The number of anilines is 1. The lowest BCUT2D eigenvalue weighted by molar-refractivity contribution is -0.116. The van der Waals surface area contributed by atoms with E-state index < -0.39 is 6.04 Å². The summed E-state index contributed by atoms with van der Waals surface area (Å²) in [5.41, 5.74) is 1.78. The molecule has 0 aliphatic carbocycles. The second-order valence-corrected chi connectivity index (χ2v) is 6.27. The van der Waals surface area contributed by atoms with Crippen LogP contribution >= 0.6 is 0 Å². The van der Waals surface area contributed by atoms with Crippen molar-refractivity contribution in [3.63, 3.8) is 0 Å². The number of carbonyl (C=O) groups is 2. The first kappa shape index (κ1) is 19.2. The van der Waals surface area contributed by atoms with Gasteiger partial charge in [-0.2, -0.15) is 4.98 Å². The molecular formula is C20H21N5O3. The summed E-state index contributed by atoms with van der Waals surface area (Å²) in [5.74, 6) is 0.345. The Morgan fingerprint density at radius 3 is 2.71 bits per heavy atom. The number of rotatable bonds is 7. The number of aromatic nitrogens is 3. The Hall–Kier alpha value is -3.55. The Kier molecular flexibility index (Phi) is 6.11. The maximum absolute atomic E-state index is 12.5. The van der Waals surface area contributed by atoms with Gasteiger partial charge in [-0.3, -0.25) is 14.6 Å². The smallest absolute Gasteiger partial charge is 0.251 e. The quantitative estimate of drug-likeness (QED) is 0.651. The van der Waals surface area contributed by atoms with Crippen molar-refractivity contribution in [3.05, 3.63) is 60.2 Å². The topological polar surface area (TPSA) is 110 Å². The Labute approximate surface area is 162 Å². The fourth-order valence-corrected chi connectivity index (χ4v) is 2.56. The van der Waals surface area contributed by atoms with E-state index in [0.29, 0.717) is 29.4 Å². The highest BCUT2D eigenvalue weighted by Crippen LogP contribution is 2.18. The molecule has 1 aromatic carbocycles. The molecule has 0 aliphatic rings. The van der Waals surface area contributed by atoms with Crippen molar-refractivity contribution in [2.45, 2.75) is 32.7 Å². The molecule has 3 rings (SSSR count). The van der Waals surface area contributed by atoms with Gasteiger partial charge in [0.15, 0.2) is 0 Å². The molecule has 0 bridgehead atoms. The SMILES string of the molecule is CCCC(=O)Nc1cccc(C(=O)NC(C)c2nc(-c3ccncc3)no2)c1. The van der Waals surface area contributed by atoms with Crippen LogP contribution in [0.3, 0.4) is 0 Å². The summed E-state index contributed by atoms with van der Waals surface area (Å²) < 4.78 is 5.27. The van der Waals surface area contributed by atoms with Crippen LogP contribution in [0.2, 0.25) is 0 Å². The van der Waals surface area contributed by atoms with Crippen molar-refractivity contribution in [2.24, 2.45) is 0 Å². The number of pyridine rings is 1. The molecule has 8 nitrogen and oxygen atoms in total. The summed E-state index contributed by atoms with van der Waals surface area (Å²) >= 11 is 0. The number of carbonyl (C=O) groups excluding carboxylic acids is 2. The molecule has 8 heteroatoms. The third-order valence-electron chi connectivity index (χ3n) is 3.98. The molecule has 0 saturated heterocycles. The molecule has 0 spiro atoms. The van der Waals surface area contributed by atoms with Crippen LogP contribution in [-0.4, -0.2) is 26.9 Å². The summed E-state index contributed by atoms with van der Waals surface area (Å²) in [6.07, 6.45) is 4.48. The second-order valence-electron chi connectivity index (χ2n) is 6.27. The molecule has 1 unspecified atom stereocenters. The van der Waals surface area contributed by atoms with Crippen molar-refractivity contribution in [1.82, 2.24) is 20.4 Å². The number of nitrogens with one attached hydrogen (secondary N) is 2. The van der Waals surface area contributed by atoms with Crippen molar-refractivity contribution in [2.75, 3.05) is 5.32 Å². The number of nitrogens with zero attached hydrogens (tertiary/aromatic N) is 3. The van der Waals surface area contributed by atoms with E-state index in [0.717, 1.165) is 12.0 Å². The van der Waals surface area contributed by atoms with Gasteiger partial charge in [-0.25, -0.2) is 0 Å². The zero-order chi connectivity index (χ0) is 19.9. The van der Waals surface area contributed by atoms with Gasteiger partial charge in [-0.15, -0.1) is 0 Å². The number of amides is 2. The van der Waals surface area contributed by atoms with E-state index in [2.05, 4.69) is 25.8 Å². The third-order valence-corrected chi connectivity index (χ3v) is 3.98. The van der Waals surface area contributed by atoms with Crippen LogP contribution in [0.15, 0.2) is 53.3 Å². The van der Waals surface area contributed by atoms with E-state index in [-0.39, 0.29) is 11.8 Å². The highest BCUT2D eigenvalue weighted by Gasteiger charge is 2.18. The van der Waals surface area contributed by atoms with Gasteiger partial charge in [0.25, 0.3) is 5.91 Å². The molecule has 2 N–H and O–H groups in total. The summed E-state index contributed by atoms with van der Waals surface area (Å²) in [4.78, 5) is 32.6. The Bertz CT molecular complexity index is 955. The molecule has 0 aliphatic heterocycles. The molecule has 3 aromatic rings. The van der Waals surface area contributed by atoms with Crippen molar-refractivity contribution in [1.29, 1.82) is 0 Å². The van der Waals surface area contributed by atoms with E-state index in [1.807, 2.05) is 6.92 Å². The molecule has 0 fully saturated rings. The van der Waals surface area contributed by atoms with Crippen LogP contribution in [0.4, 0.5) is 5.69 Å². The number of hydrogen-bond donors (Lipinski definition) is 2. The van der Waals surface area contributed by atoms with Crippen LogP contribution in [0.25, 0.3) is 11.4 Å². The molecule has 2 heterocycles. The fraction of sp³-hybridized carbons (Fsp3) is 0.250. The van der Waals surface area contributed by atoms with Gasteiger partial charge in [0.05, 0.1) is 0 Å². The van der Waals surface area contributed by atoms with E-state index in [1.54, 1.807) is 55.7 Å². The first-order valence-corrected chi connectivity index (χ1v) is 9.01. The van der Waals surface area contributed by atoms with Crippen LogP contribution in [0, 0.1) is 0 Å². The van der Waals surface area contributed by atoms with Crippen molar-refractivity contribution >= 4 is 17.5 Å². The van der Waals surface area contributed by atoms with Gasteiger partial charge in [0.2, 0.25) is 17.6 Å². The van der Waals surface area contributed by atoms with Gasteiger partial charge in [0.1, 0.15) is 6.04 Å². The standard InChI is InChI=1S/C20H21N5O3/c1-3-5-17(26)23-16-7-4-6-15(12-16)19(27)22-13(2)20-24-18(25-28-20)14-8-10-21-11-9-14/h4,6-13H,3,5H2,1-2H3,(H,22,27)(H,23,26). The molecule has 144 valence electrons. The van der Waals surface area contributed by atoms with E-state index in [4.69, 9.17) is 4.52 Å². The average molecular weight is 379 g/mol.